The molecule has 1 atom stereocenters. The van der Waals surface area contributed by atoms with E-state index in [1.54, 1.807) is 0 Å². The third-order valence-corrected chi connectivity index (χ3v) is 3.78. The van der Waals surface area contributed by atoms with Crippen molar-refractivity contribution in [2.45, 2.75) is 31.9 Å². The average Bonchev–Trinajstić information content (AvgIpc) is 3.18. The molecule has 0 spiro atoms. The Balaban J connectivity index is 1.74. The summed E-state index contributed by atoms with van der Waals surface area (Å²) in [5, 5.41) is 12.1. The number of nitrogens with two attached hydrogens (primary N) is 1. The van der Waals surface area contributed by atoms with Crippen LogP contribution < -0.4 is 16.4 Å². The quantitative estimate of drug-likeness (QED) is 0.291. The first-order chi connectivity index (χ1) is 14.2. The molecular formula is C17H19F4N7O2. The molecule has 9 nitrogen and oxygen atoms in total. The summed E-state index contributed by atoms with van der Waals surface area (Å²) in [6, 6.07) is 1.64. The minimum absolute atomic E-state index is 0.00797. The molecular weight excluding hydrogens is 410 g/mol. The molecule has 2 aromatic rings. The molecule has 162 valence electrons. The number of aryl methyl sites for hydroxylation is 1. The number of alkyl halides is 4. The molecule has 30 heavy (non-hydrogen) atoms. The number of aldehydes is 1. The van der Waals surface area contributed by atoms with Crippen molar-refractivity contribution in [2.75, 3.05) is 6.54 Å². The van der Waals surface area contributed by atoms with Crippen LogP contribution in [-0.2, 0) is 24.1 Å². The summed E-state index contributed by atoms with van der Waals surface area (Å²) in [5.74, 6) is -0.749. The van der Waals surface area contributed by atoms with E-state index in [0.717, 1.165) is 24.5 Å². The van der Waals surface area contributed by atoms with Crippen molar-refractivity contribution in [3.8, 4) is 0 Å². The van der Waals surface area contributed by atoms with E-state index in [9.17, 15) is 27.2 Å². The molecule has 1 amide bonds. The Morgan fingerprint density at radius 1 is 1.37 bits per heavy atom. The number of hydrogen-bond acceptors (Lipinski definition) is 7. The molecule has 0 fully saturated rings. The van der Waals surface area contributed by atoms with Gasteiger partial charge in [-0.05, 0) is 18.6 Å². The molecule has 0 aromatic carbocycles. The highest BCUT2D eigenvalue weighted by Crippen LogP contribution is 2.28. The first-order valence-electron chi connectivity index (χ1n) is 8.67. The number of aromatic nitrogens is 4. The zero-order chi connectivity index (χ0) is 22.1. The van der Waals surface area contributed by atoms with Gasteiger partial charge in [-0.1, -0.05) is 5.21 Å². The average molecular weight is 429 g/mol. The number of hydrogen-bond donors (Lipinski definition) is 3. The highest BCUT2D eigenvalue weighted by atomic mass is 19.4. The van der Waals surface area contributed by atoms with E-state index in [-0.39, 0.29) is 43.1 Å². The topological polar surface area (TPSA) is 128 Å². The van der Waals surface area contributed by atoms with Crippen molar-refractivity contribution in [1.29, 1.82) is 0 Å². The normalized spacial score (nSPS) is 13.0. The van der Waals surface area contributed by atoms with Crippen LogP contribution >= 0.6 is 0 Å². The van der Waals surface area contributed by atoms with E-state index in [1.165, 1.54) is 10.9 Å². The Morgan fingerprint density at radius 2 is 2.13 bits per heavy atom. The fourth-order valence-corrected chi connectivity index (χ4v) is 2.24. The number of rotatable bonds is 10. The van der Waals surface area contributed by atoms with E-state index >= 15 is 0 Å². The lowest BCUT2D eigenvalue weighted by atomic mass is 10.2. The maximum absolute atomic E-state index is 13.9. The molecule has 0 radical (unpaired) electrons. The van der Waals surface area contributed by atoms with Crippen molar-refractivity contribution in [3.05, 3.63) is 53.4 Å². The summed E-state index contributed by atoms with van der Waals surface area (Å²) >= 11 is 0. The van der Waals surface area contributed by atoms with E-state index in [0.29, 0.717) is 6.29 Å². The standard InChI is InChI=1S/C17H19F4N7O2/c18-12(2-4-28-9-14(10-29)26-27-28)6-23-8-15(22)16(30)25-7-13-5-11(1-3-24-13)17(19,20)21/h1,3,5,8-10,12,23H,2,4,6-7,22H2,(H,25,30)/b15-8-. The van der Waals surface area contributed by atoms with E-state index < -0.39 is 23.8 Å². The van der Waals surface area contributed by atoms with Crippen LogP contribution in [0.2, 0.25) is 0 Å². The molecule has 0 aliphatic rings. The van der Waals surface area contributed by atoms with E-state index in [2.05, 4.69) is 25.9 Å². The zero-order valence-electron chi connectivity index (χ0n) is 15.6. The molecule has 1 unspecified atom stereocenters. The third kappa shape index (κ3) is 7.14. The summed E-state index contributed by atoms with van der Waals surface area (Å²) in [5.41, 5.74) is 4.55. The third-order valence-electron chi connectivity index (χ3n) is 3.78. The van der Waals surface area contributed by atoms with Crippen LogP contribution in [0.4, 0.5) is 17.6 Å². The highest BCUT2D eigenvalue weighted by Gasteiger charge is 2.30. The van der Waals surface area contributed by atoms with Gasteiger partial charge in [0.1, 0.15) is 17.6 Å². The predicted octanol–water partition coefficient (Wildman–Crippen LogP) is 0.939. The molecule has 4 N–H and O–H groups in total. The number of pyridine rings is 1. The smallest absolute Gasteiger partial charge is 0.393 e. The number of amides is 1. The van der Waals surface area contributed by atoms with Gasteiger partial charge in [-0.2, -0.15) is 13.2 Å². The van der Waals surface area contributed by atoms with Crippen LogP contribution in [0.15, 0.2) is 36.4 Å². The molecule has 2 heterocycles. The summed E-state index contributed by atoms with van der Waals surface area (Å²) in [6.45, 7) is -0.199. The molecule has 0 saturated carbocycles. The zero-order valence-corrected chi connectivity index (χ0v) is 15.6. The number of nitrogens with zero attached hydrogens (tertiary/aromatic N) is 4. The Hall–Kier alpha value is -3.51. The van der Waals surface area contributed by atoms with Crippen molar-refractivity contribution in [1.82, 2.24) is 30.6 Å². The van der Waals surface area contributed by atoms with E-state index in [4.69, 9.17) is 5.73 Å². The maximum atomic E-state index is 13.9. The lowest BCUT2D eigenvalue weighted by molar-refractivity contribution is -0.137. The van der Waals surface area contributed by atoms with Gasteiger partial charge in [0.25, 0.3) is 5.91 Å². The van der Waals surface area contributed by atoms with Crippen LogP contribution in [0.25, 0.3) is 0 Å². The Bertz CT molecular complexity index is 898. The summed E-state index contributed by atoms with van der Waals surface area (Å²) < 4.78 is 53.2. The van der Waals surface area contributed by atoms with Gasteiger partial charge in [0.2, 0.25) is 0 Å². The molecule has 0 saturated heterocycles. The highest BCUT2D eigenvalue weighted by molar-refractivity contribution is 5.92. The number of carbonyl (C=O) groups is 2. The largest absolute Gasteiger partial charge is 0.416 e. The molecule has 13 heteroatoms. The van der Waals surface area contributed by atoms with Crippen molar-refractivity contribution in [2.24, 2.45) is 5.73 Å². The second-order valence-electron chi connectivity index (χ2n) is 6.13. The molecule has 0 aliphatic carbocycles. The van der Waals surface area contributed by atoms with Crippen LogP contribution in [0, 0.1) is 0 Å². The number of halogens is 4. The molecule has 0 aliphatic heterocycles. The van der Waals surface area contributed by atoms with Gasteiger partial charge in [-0.15, -0.1) is 5.10 Å². The first kappa shape index (κ1) is 22.8. The minimum Gasteiger partial charge on any atom is -0.393 e. The van der Waals surface area contributed by atoms with Crippen LogP contribution in [-0.4, -0.2) is 44.9 Å². The summed E-state index contributed by atoms with van der Waals surface area (Å²) in [6.07, 6.45) is -1.73. The summed E-state index contributed by atoms with van der Waals surface area (Å²) in [4.78, 5) is 26.1. The van der Waals surface area contributed by atoms with Gasteiger partial charge in [-0.25, -0.2) is 4.39 Å². The SMILES string of the molecule is N/C(=C\NCC(F)CCn1cc(C=O)nn1)C(=O)NCc1cc(C(F)(F)F)ccn1. The van der Waals surface area contributed by atoms with Gasteiger partial charge >= 0.3 is 6.18 Å². The Kier molecular flexibility index (Phi) is 7.83. The second-order valence-corrected chi connectivity index (χ2v) is 6.13. The van der Waals surface area contributed by atoms with Crippen molar-refractivity contribution < 1.29 is 27.2 Å². The monoisotopic (exact) mass is 429 g/mol. The number of carbonyl (C=O) groups excluding carboxylic acids is 2. The lowest BCUT2D eigenvalue weighted by Crippen LogP contribution is -2.31. The minimum atomic E-state index is -4.52. The fraction of sp³-hybridized carbons (Fsp3) is 0.353. The Morgan fingerprint density at radius 3 is 2.80 bits per heavy atom. The number of nitrogens with one attached hydrogen (secondary N) is 2. The molecule has 2 aromatic heterocycles. The maximum Gasteiger partial charge on any atom is 0.416 e. The van der Waals surface area contributed by atoms with Gasteiger partial charge < -0.3 is 16.4 Å². The van der Waals surface area contributed by atoms with Gasteiger partial charge in [-0.3, -0.25) is 19.3 Å². The van der Waals surface area contributed by atoms with E-state index in [1.807, 2.05) is 0 Å². The second kappa shape index (κ2) is 10.3. The van der Waals surface area contributed by atoms with Crippen LogP contribution in [0.3, 0.4) is 0 Å². The fourth-order valence-electron chi connectivity index (χ4n) is 2.24. The van der Waals surface area contributed by atoms with Crippen LogP contribution in [0.1, 0.15) is 28.2 Å². The lowest BCUT2D eigenvalue weighted by Gasteiger charge is -2.10. The van der Waals surface area contributed by atoms with Crippen LogP contribution in [0.5, 0.6) is 0 Å². The predicted molar refractivity (Wildman–Crippen MR) is 96.3 cm³/mol. The Labute approximate surface area is 168 Å². The first-order valence-corrected chi connectivity index (χ1v) is 8.67. The van der Waals surface area contributed by atoms with Gasteiger partial charge in [0.15, 0.2) is 6.29 Å². The van der Waals surface area contributed by atoms with Gasteiger partial charge in [0, 0.05) is 25.5 Å². The van der Waals surface area contributed by atoms with Crippen molar-refractivity contribution in [3.63, 3.8) is 0 Å². The summed E-state index contributed by atoms with van der Waals surface area (Å²) in [7, 11) is 0. The molecule has 0 bridgehead atoms. The van der Waals surface area contributed by atoms with Crippen molar-refractivity contribution >= 4 is 12.2 Å². The van der Waals surface area contributed by atoms with Gasteiger partial charge in [0.05, 0.1) is 24.0 Å². The molecule has 2 rings (SSSR count).